The Kier molecular flexibility index (Phi) is 5.10. The summed E-state index contributed by atoms with van der Waals surface area (Å²) in [5.74, 6) is 0.856. The fourth-order valence-corrected chi connectivity index (χ4v) is 1.58. The van der Waals surface area contributed by atoms with Crippen LogP contribution in [-0.4, -0.2) is 18.5 Å². The van der Waals surface area contributed by atoms with E-state index in [9.17, 15) is 4.79 Å². The zero-order chi connectivity index (χ0) is 11.3. The van der Waals surface area contributed by atoms with Gasteiger partial charge < -0.3 is 9.73 Å². The number of carbonyl (C=O) groups is 1. The summed E-state index contributed by atoms with van der Waals surface area (Å²) >= 11 is 2.11. The fraction of sp³-hybridized carbons (Fsp3) is 0.500. The van der Waals surface area contributed by atoms with Crippen molar-refractivity contribution in [1.82, 2.24) is 10.6 Å². The van der Waals surface area contributed by atoms with E-state index in [1.807, 2.05) is 26.0 Å². The maximum absolute atomic E-state index is 11.4. The molecule has 0 bridgehead atoms. The second-order valence-electron chi connectivity index (χ2n) is 3.20. The molecule has 0 fully saturated rings. The molecule has 0 aromatic carbocycles. The molecule has 0 saturated carbocycles. The van der Waals surface area contributed by atoms with Gasteiger partial charge in [-0.05, 0) is 48.6 Å². The molecule has 0 spiro atoms. The van der Waals surface area contributed by atoms with Gasteiger partial charge in [-0.2, -0.15) is 0 Å². The smallest absolute Gasteiger partial charge is 0.236 e. The van der Waals surface area contributed by atoms with Crippen LogP contribution in [0.5, 0.6) is 0 Å². The van der Waals surface area contributed by atoms with E-state index >= 15 is 0 Å². The number of furan rings is 1. The van der Waals surface area contributed by atoms with E-state index in [2.05, 4.69) is 33.2 Å². The Morgan fingerprint density at radius 2 is 2.33 bits per heavy atom. The number of rotatable bonds is 5. The number of halogens is 1. The van der Waals surface area contributed by atoms with E-state index in [1.165, 1.54) is 0 Å². The number of nitrogens with one attached hydrogen (secondary N) is 2. The SMILES string of the molecule is CCNC(=O)C(C)NCc1ccc(I)o1. The summed E-state index contributed by atoms with van der Waals surface area (Å²) in [4.78, 5) is 11.4. The molecule has 0 aliphatic heterocycles. The van der Waals surface area contributed by atoms with Crippen molar-refractivity contribution in [2.24, 2.45) is 0 Å². The van der Waals surface area contributed by atoms with E-state index in [-0.39, 0.29) is 11.9 Å². The Morgan fingerprint density at radius 1 is 1.60 bits per heavy atom. The van der Waals surface area contributed by atoms with Gasteiger partial charge >= 0.3 is 0 Å². The summed E-state index contributed by atoms with van der Waals surface area (Å²) in [6, 6.07) is 3.60. The number of hydrogen-bond acceptors (Lipinski definition) is 3. The van der Waals surface area contributed by atoms with Gasteiger partial charge in [-0.3, -0.25) is 10.1 Å². The van der Waals surface area contributed by atoms with Gasteiger partial charge in [0.1, 0.15) is 5.76 Å². The zero-order valence-corrected chi connectivity index (χ0v) is 11.0. The van der Waals surface area contributed by atoms with Crippen molar-refractivity contribution in [2.45, 2.75) is 26.4 Å². The van der Waals surface area contributed by atoms with Crippen molar-refractivity contribution in [3.8, 4) is 0 Å². The van der Waals surface area contributed by atoms with E-state index in [0.717, 1.165) is 9.53 Å². The minimum atomic E-state index is -0.201. The van der Waals surface area contributed by atoms with Crippen LogP contribution in [0.4, 0.5) is 0 Å². The molecule has 15 heavy (non-hydrogen) atoms. The minimum Gasteiger partial charge on any atom is -0.454 e. The number of amides is 1. The van der Waals surface area contributed by atoms with Gasteiger partial charge in [-0.25, -0.2) is 0 Å². The molecule has 0 radical (unpaired) electrons. The first-order chi connectivity index (χ1) is 7.13. The molecule has 84 valence electrons. The Morgan fingerprint density at radius 3 is 2.87 bits per heavy atom. The highest BCUT2D eigenvalue weighted by Gasteiger charge is 2.11. The van der Waals surface area contributed by atoms with Gasteiger partial charge in [0.25, 0.3) is 0 Å². The summed E-state index contributed by atoms with van der Waals surface area (Å²) in [6.07, 6.45) is 0. The standard InChI is InChI=1S/C10H15IN2O2/c1-3-12-10(14)7(2)13-6-8-4-5-9(11)15-8/h4-5,7,13H,3,6H2,1-2H3,(H,12,14). The maximum Gasteiger partial charge on any atom is 0.236 e. The largest absolute Gasteiger partial charge is 0.454 e. The molecule has 1 aromatic rings. The van der Waals surface area contributed by atoms with Crippen LogP contribution in [0.2, 0.25) is 0 Å². The highest BCUT2D eigenvalue weighted by atomic mass is 127. The first kappa shape index (κ1) is 12.5. The van der Waals surface area contributed by atoms with Gasteiger partial charge in [-0.1, -0.05) is 0 Å². The van der Waals surface area contributed by atoms with Gasteiger partial charge in [0, 0.05) is 6.54 Å². The number of hydrogen-bond donors (Lipinski definition) is 2. The molecular formula is C10H15IN2O2. The molecule has 4 nitrogen and oxygen atoms in total. The van der Waals surface area contributed by atoms with E-state index < -0.39 is 0 Å². The lowest BCUT2D eigenvalue weighted by Crippen LogP contribution is -2.41. The van der Waals surface area contributed by atoms with E-state index in [4.69, 9.17) is 4.42 Å². The molecule has 0 aliphatic carbocycles. The summed E-state index contributed by atoms with van der Waals surface area (Å²) in [6.45, 7) is 4.96. The number of likely N-dealkylation sites (N-methyl/N-ethyl adjacent to an activating group) is 1. The predicted octanol–water partition coefficient (Wildman–Crippen LogP) is 1.50. The second kappa shape index (κ2) is 6.12. The van der Waals surface area contributed by atoms with Crippen LogP contribution in [0.3, 0.4) is 0 Å². The Balaban J connectivity index is 2.33. The van der Waals surface area contributed by atoms with Crippen LogP contribution in [0.1, 0.15) is 19.6 Å². The quantitative estimate of drug-likeness (QED) is 0.808. The highest BCUT2D eigenvalue weighted by Crippen LogP contribution is 2.09. The first-order valence-electron chi connectivity index (χ1n) is 4.88. The third-order valence-electron chi connectivity index (χ3n) is 1.96. The van der Waals surface area contributed by atoms with E-state index in [0.29, 0.717) is 13.1 Å². The van der Waals surface area contributed by atoms with Crippen LogP contribution >= 0.6 is 22.6 Å². The molecule has 1 unspecified atom stereocenters. The predicted molar refractivity (Wildman–Crippen MR) is 66.4 cm³/mol. The molecule has 5 heteroatoms. The first-order valence-corrected chi connectivity index (χ1v) is 5.96. The van der Waals surface area contributed by atoms with Crippen LogP contribution in [0, 0.1) is 3.77 Å². The highest BCUT2D eigenvalue weighted by molar-refractivity contribution is 14.1. The second-order valence-corrected chi connectivity index (χ2v) is 4.27. The van der Waals surface area contributed by atoms with Crippen LogP contribution < -0.4 is 10.6 Å². The third kappa shape index (κ3) is 4.21. The average Bonchev–Trinajstić information content (AvgIpc) is 2.61. The Bertz CT molecular complexity index is 325. The zero-order valence-electron chi connectivity index (χ0n) is 8.84. The maximum atomic E-state index is 11.4. The fourth-order valence-electron chi connectivity index (χ4n) is 1.12. The molecule has 1 heterocycles. The lowest BCUT2D eigenvalue weighted by Gasteiger charge is -2.11. The minimum absolute atomic E-state index is 0.0127. The summed E-state index contributed by atoms with van der Waals surface area (Å²) in [5.41, 5.74) is 0. The topological polar surface area (TPSA) is 54.3 Å². The van der Waals surface area contributed by atoms with Gasteiger partial charge in [0.15, 0.2) is 3.77 Å². The molecule has 2 N–H and O–H groups in total. The van der Waals surface area contributed by atoms with Crippen molar-refractivity contribution in [3.63, 3.8) is 0 Å². The van der Waals surface area contributed by atoms with Crippen molar-refractivity contribution in [1.29, 1.82) is 0 Å². The van der Waals surface area contributed by atoms with Crippen LogP contribution in [-0.2, 0) is 11.3 Å². The van der Waals surface area contributed by atoms with Crippen molar-refractivity contribution < 1.29 is 9.21 Å². The third-order valence-corrected chi connectivity index (χ3v) is 2.54. The molecule has 1 aromatic heterocycles. The van der Waals surface area contributed by atoms with E-state index in [1.54, 1.807) is 0 Å². The van der Waals surface area contributed by atoms with Gasteiger partial charge in [0.2, 0.25) is 5.91 Å². The molecule has 0 aliphatic rings. The van der Waals surface area contributed by atoms with Crippen molar-refractivity contribution >= 4 is 28.5 Å². The molecule has 0 saturated heterocycles. The van der Waals surface area contributed by atoms with Crippen molar-refractivity contribution in [2.75, 3.05) is 6.54 Å². The summed E-state index contributed by atoms with van der Waals surface area (Å²) < 4.78 is 6.22. The van der Waals surface area contributed by atoms with Gasteiger partial charge in [-0.15, -0.1) is 0 Å². The molecular weight excluding hydrogens is 307 g/mol. The molecule has 1 amide bonds. The Hall–Kier alpha value is -0.560. The summed E-state index contributed by atoms with van der Waals surface area (Å²) in [7, 11) is 0. The van der Waals surface area contributed by atoms with Crippen molar-refractivity contribution in [3.05, 3.63) is 21.7 Å². The monoisotopic (exact) mass is 322 g/mol. The molecule has 1 rings (SSSR count). The summed E-state index contributed by atoms with van der Waals surface area (Å²) in [5, 5.41) is 5.84. The van der Waals surface area contributed by atoms with Crippen LogP contribution in [0.15, 0.2) is 16.5 Å². The lowest BCUT2D eigenvalue weighted by atomic mass is 10.3. The van der Waals surface area contributed by atoms with Crippen LogP contribution in [0.25, 0.3) is 0 Å². The molecule has 1 atom stereocenters. The number of carbonyl (C=O) groups excluding carboxylic acids is 1. The van der Waals surface area contributed by atoms with Gasteiger partial charge in [0.05, 0.1) is 12.6 Å². The normalized spacial score (nSPS) is 12.5. The average molecular weight is 322 g/mol. The lowest BCUT2D eigenvalue weighted by molar-refractivity contribution is -0.122. The Labute approximate surface area is 103 Å².